The Labute approximate surface area is 176 Å². The second-order valence-electron chi connectivity index (χ2n) is 11.5. The van der Waals surface area contributed by atoms with Crippen LogP contribution in [0.3, 0.4) is 0 Å². The van der Waals surface area contributed by atoms with Crippen LogP contribution < -0.4 is 5.46 Å². The number of H-pyrrole nitrogens is 1. The van der Waals surface area contributed by atoms with Gasteiger partial charge in [-0.05, 0) is 69.8 Å². The fraction of sp³-hybridized carbons (Fsp3) is 0.652. The Balaban J connectivity index is 1.31. The Hall–Kier alpha value is -1.86. The summed E-state index contributed by atoms with van der Waals surface area (Å²) in [6.45, 7) is 5.25. The number of nitrogens with one attached hydrogen (secondary N) is 1. The highest BCUT2D eigenvalue weighted by atomic mass is 16.5. The molecule has 0 unspecified atom stereocenters. The van der Waals surface area contributed by atoms with E-state index in [1.165, 1.54) is 29.6 Å². The lowest BCUT2D eigenvalue weighted by molar-refractivity contribution is -0.289. The zero-order valence-electron chi connectivity index (χ0n) is 17.6. The van der Waals surface area contributed by atoms with E-state index in [-0.39, 0.29) is 23.7 Å². The smallest absolute Gasteiger partial charge is 0.407 e. The van der Waals surface area contributed by atoms with E-state index in [9.17, 15) is 5.11 Å². The molecule has 1 spiro atoms. The van der Waals surface area contributed by atoms with Crippen molar-refractivity contribution in [1.82, 2.24) is 14.9 Å². The zero-order chi connectivity index (χ0) is 20.0. The normalized spacial score (nSPS) is 44.2. The van der Waals surface area contributed by atoms with Gasteiger partial charge in [0.1, 0.15) is 5.65 Å². The Morgan fingerprint density at radius 3 is 3.03 bits per heavy atom. The third-order valence-electron chi connectivity index (χ3n) is 9.85. The van der Waals surface area contributed by atoms with E-state index < -0.39 is 0 Å². The summed E-state index contributed by atoms with van der Waals surface area (Å²) in [5.41, 5.74) is 4.26. The highest BCUT2D eigenvalue weighted by molar-refractivity contribution is 6.68. The highest BCUT2D eigenvalue weighted by Crippen LogP contribution is 2.84. The summed E-state index contributed by atoms with van der Waals surface area (Å²) >= 11 is 0. The molecule has 0 amide bonds. The van der Waals surface area contributed by atoms with Crippen LogP contribution in [0.15, 0.2) is 23.6 Å². The van der Waals surface area contributed by atoms with E-state index in [4.69, 9.17) is 14.7 Å². The molecule has 2 aliphatic heterocycles. The predicted octanol–water partition coefficient (Wildman–Crippen LogP) is 2.27. The summed E-state index contributed by atoms with van der Waals surface area (Å²) in [6.07, 6.45) is 9.44. The minimum Gasteiger partial charge on any atom is -0.407 e. The lowest BCUT2D eigenvalue weighted by atomic mass is 9.34. The predicted molar refractivity (Wildman–Crippen MR) is 114 cm³/mol. The third-order valence-corrected chi connectivity index (χ3v) is 9.85. The van der Waals surface area contributed by atoms with E-state index in [2.05, 4.69) is 29.8 Å². The van der Waals surface area contributed by atoms with E-state index in [0.29, 0.717) is 17.8 Å². The first kappa shape index (κ1) is 16.8. The van der Waals surface area contributed by atoms with Crippen molar-refractivity contribution in [1.29, 1.82) is 0 Å². The van der Waals surface area contributed by atoms with Gasteiger partial charge in [-0.25, -0.2) is 4.98 Å². The molecule has 6 aliphatic rings. The van der Waals surface area contributed by atoms with Crippen molar-refractivity contribution < 1.29 is 9.76 Å². The molecule has 4 aliphatic carbocycles. The molecule has 4 saturated carbocycles. The van der Waals surface area contributed by atoms with Gasteiger partial charge in [-0.15, -0.1) is 0 Å². The summed E-state index contributed by atoms with van der Waals surface area (Å²) < 4.78 is 6.53. The van der Waals surface area contributed by atoms with Crippen molar-refractivity contribution in [3.63, 3.8) is 0 Å². The van der Waals surface area contributed by atoms with Gasteiger partial charge in [0.05, 0.1) is 11.3 Å². The minimum atomic E-state index is -0.373. The Kier molecular flexibility index (Phi) is 2.69. The number of pyridine rings is 1. The largest absolute Gasteiger partial charge is 0.471 e. The van der Waals surface area contributed by atoms with Crippen molar-refractivity contribution in [2.45, 2.75) is 57.2 Å². The summed E-state index contributed by atoms with van der Waals surface area (Å²) in [5, 5.41) is 17.7. The van der Waals surface area contributed by atoms with Crippen molar-refractivity contribution in [3.8, 4) is 0 Å². The molecular weight excluding hydrogens is 375 g/mol. The van der Waals surface area contributed by atoms with Crippen LogP contribution in [0.5, 0.6) is 0 Å². The maximum absolute atomic E-state index is 11.2. The number of aliphatic hydroxyl groups is 1. The summed E-state index contributed by atoms with van der Waals surface area (Å²) in [4.78, 5) is 10.2. The van der Waals surface area contributed by atoms with E-state index in [0.717, 1.165) is 42.8 Å². The molecule has 2 aromatic heterocycles. The van der Waals surface area contributed by atoms with Crippen LogP contribution in [-0.2, 0) is 4.65 Å². The van der Waals surface area contributed by atoms with Gasteiger partial charge in [-0.1, -0.05) is 0 Å². The van der Waals surface area contributed by atoms with Gasteiger partial charge in [-0.3, -0.25) is 0 Å². The standard InChI is InChI=1S/C23H27BN4O2/c1-21(2)4-6-28-24(30-21)16-11-26-20-14(3-5-25-20)18(16)19(27-28)17-12-8-22(29)10-13-7-15(17)23(13,22)9-12/h3,5,11-13,15,17,29H,4,6-10H2,1-2H3,(H,25,26)/t12-,13-,15+,17-,22-,23-/m0/s1. The lowest BCUT2D eigenvalue weighted by Gasteiger charge is -2.71. The van der Waals surface area contributed by atoms with Crippen molar-refractivity contribution >= 4 is 29.3 Å². The maximum atomic E-state index is 11.2. The van der Waals surface area contributed by atoms with Gasteiger partial charge in [0, 0.05) is 52.3 Å². The van der Waals surface area contributed by atoms with Crippen LogP contribution in [0.1, 0.15) is 51.5 Å². The minimum absolute atomic E-state index is 0.159. The number of rotatable bonds is 1. The van der Waals surface area contributed by atoms with Crippen LogP contribution in [0, 0.1) is 29.1 Å². The fourth-order valence-electron chi connectivity index (χ4n) is 8.68. The second-order valence-corrected chi connectivity index (χ2v) is 11.5. The molecule has 154 valence electrons. The first-order valence-corrected chi connectivity index (χ1v) is 11.6. The molecule has 8 rings (SSSR count). The van der Waals surface area contributed by atoms with Gasteiger partial charge in [0.25, 0.3) is 0 Å². The van der Waals surface area contributed by atoms with Gasteiger partial charge in [0.2, 0.25) is 0 Å². The van der Waals surface area contributed by atoms with Gasteiger partial charge < -0.3 is 19.7 Å². The number of hydrogen-bond donors (Lipinski definition) is 2. The molecule has 7 heteroatoms. The molecule has 0 radical (unpaired) electrons. The molecule has 2 aromatic rings. The van der Waals surface area contributed by atoms with E-state index in [1.54, 1.807) is 0 Å². The van der Waals surface area contributed by atoms with E-state index in [1.807, 2.05) is 12.4 Å². The average molecular weight is 402 g/mol. The highest BCUT2D eigenvalue weighted by Gasteiger charge is 2.83. The zero-order valence-corrected chi connectivity index (χ0v) is 17.6. The summed E-state index contributed by atoms with van der Waals surface area (Å²) in [6, 6.07) is 2.15. The SMILES string of the molecule is CC1(C)CCN2N=C([C@H]3[C@H]4C[C@]5(O)C[C@@H]6C[C@H]3[C@]65C4)c3c(cnc4[nH]ccc34)B2O1. The van der Waals surface area contributed by atoms with Crippen LogP contribution >= 0.6 is 0 Å². The molecule has 2 bridgehead atoms. The molecule has 0 aromatic carbocycles. The van der Waals surface area contributed by atoms with Gasteiger partial charge in [0.15, 0.2) is 0 Å². The molecule has 5 fully saturated rings. The number of aromatic nitrogens is 2. The molecule has 6 atom stereocenters. The van der Waals surface area contributed by atoms with Crippen molar-refractivity contribution in [2.75, 3.05) is 6.54 Å². The van der Waals surface area contributed by atoms with E-state index >= 15 is 0 Å². The fourth-order valence-corrected chi connectivity index (χ4v) is 8.68. The topological polar surface area (TPSA) is 73.7 Å². The quantitative estimate of drug-likeness (QED) is 0.718. The third kappa shape index (κ3) is 1.65. The molecule has 1 saturated heterocycles. The van der Waals surface area contributed by atoms with Crippen molar-refractivity contribution in [2.24, 2.45) is 34.2 Å². The first-order chi connectivity index (χ1) is 14.4. The van der Waals surface area contributed by atoms with Crippen molar-refractivity contribution in [3.05, 3.63) is 24.0 Å². The van der Waals surface area contributed by atoms with Gasteiger partial charge in [-0.2, -0.15) is 5.10 Å². The maximum Gasteiger partial charge on any atom is 0.471 e. The Morgan fingerprint density at radius 1 is 1.30 bits per heavy atom. The monoisotopic (exact) mass is 402 g/mol. The molecule has 6 nitrogen and oxygen atoms in total. The molecule has 2 N–H and O–H groups in total. The Morgan fingerprint density at radius 2 is 2.20 bits per heavy atom. The van der Waals surface area contributed by atoms with Crippen LogP contribution in [0.25, 0.3) is 11.0 Å². The number of hydrazone groups is 1. The summed E-state index contributed by atoms with van der Waals surface area (Å²) in [5.74, 6) is 2.35. The number of aromatic amines is 1. The average Bonchev–Trinajstić information content (AvgIpc) is 3.35. The summed E-state index contributed by atoms with van der Waals surface area (Å²) in [7, 11) is -0.161. The molecule has 4 heterocycles. The second kappa shape index (κ2) is 4.80. The first-order valence-electron chi connectivity index (χ1n) is 11.6. The Bertz CT molecular complexity index is 1160. The number of hydrogen-bond acceptors (Lipinski definition) is 5. The van der Waals surface area contributed by atoms with Crippen LogP contribution in [-0.4, -0.2) is 50.5 Å². The number of nitrogens with zero attached hydrogens (tertiary/aromatic N) is 3. The molecule has 30 heavy (non-hydrogen) atoms. The van der Waals surface area contributed by atoms with Gasteiger partial charge >= 0.3 is 7.05 Å². The van der Waals surface area contributed by atoms with Crippen LogP contribution in [0.4, 0.5) is 0 Å². The number of fused-ring (bicyclic) bond motifs is 6. The van der Waals surface area contributed by atoms with Crippen LogP contribution in [0.2, 0.25) is 0 Å². The molecular formula is C23H27BN4O2. The lowest BCUT2D eigenvalue weighted by Crippen LogP contribution is -2.73.